The van der Waals surface area contributed by atoms with Crippen molar-refractivity contribution in [1.82, 2.24) is 4.90 Å². The van der Waals surface area contributed by atoms with E-state index in [2.05, 4.69) is 0 Å². The van der Waals surface area contributed by atoms with Crippen molar-refractivity contribution in [2.75, 3.05) is 6.54 Å². The van der Waals surface area contributed by atoms with Crippen LogP contribution in [-0.4, -0.2) is 17.4 Å². The number of hydrogen-bond acceptors (Lipinski definition) is 1. The SMILES string of the molecule is CCC(C)(C)C(=O)N1CCC1c1ccccc1F. The molecule has 1 fully saturated rings. The standard InChI is InChI=1S/C15H20FNO/c1-4-15(2,3)14(18)17-10-9-13(17)11-7-5-6-8-12(11)16/h5-8,13H,4,9-10H2,1-3H3. The minimum Gasteiger partial charge on any atom is -0.335 e. The van der Waals surface area contributed by atoms with Crippen LogP contribution in [0.5, 0.6) is 0 Å². The van der Waals surface area contributed by atoms with Crippen molar-refractivity contribution in [3.63, 3.8) is 0 Å². The van der Waals surface area contributed by atoms with E-state index in [-0.39, 0.29) is 23.2 Å². The molecule has 0 radical (unpaired) electrons. The molecular weight excluding hydrogens is 229 g/mol. The third-order valence-electron chi connectivity index (χ3n) is 4.01. The molecule has 1 saturated heterocycles. The number of hydrogen-bond donors (Lipinski definition) is 0. The number of nitrogens with zero attached hydrogens (tertiary/aromatic N) is 1. The lowest BCUT2D eigenvalue weighted by molar-refractivity contribution is -0.149. The van der Waals surface area contributed by atoms with Crippen molar-refractivity contribution in [3.05, 3.63) is 35.6 Å². The molecule has 18 heavy (non-hydrogen) atoms. The predicted octanol–water partition coefficient (Wildman–Crippen LogP) is 3.54. The zero-order chi connectivity index (χ0) is 13.3. The molecule has 0 saturated carbocycles. The van der Waals surface area contributed by atoms with E-state index in [9.17, 15) is 9.18 Å². The second-order valence-electron chi connectivity index (χ2n) is 5.56. The van der Waals surface area contributed by atoms with Gasteiger partial charge in [-0.05, 0) is 18.9 Å². The Balaban J connectivity index is 2.19. The summed E-state index contributed by atoms with van der Waals surface area (Å²) in [7, 11) is 0. The first kappa shape index (κ1) is 13.1. The molecule has 1 atom stereocenters. The minimum atomic E-state index is -0.357. The van der Waals surface area contributed by atoms with Gasteiger partial charge in [-0.25, -0.2) is 4.39 Å². The first-order valence-corrected chi connectivity index (χ1v) is 6.53. The molecule has 1 aromatic rings. The Kier molecular flexibility index (Phi) is 3.42. The highest BCUT2D eigenvalue weighted by Gasteiger charge is 2.40. The average Bonchev–Trinajstić information content (AvgIpc) is 2.30. The molecule has 1 heterocycles. The van der Waals surface area contributed by atoms with Crippen LogP contribution in [0, 0.1) is 11.2 Å². The van der Waals surface area contributed by atoms with E-state index in [1.54, 1.807) is 12.1 Å². The maximum atomic E-state index is 13.7. The number of carbonyl (C=O) groups is 1. The largest absolute Gasteiger partial charge is 0.335 e. The van der Waals surface area contributed by atoms with Gasteiger partial charge in [0.2, 0.25) is 5.91 Å². The maximum Gasteiger partial charge on any atom is 0.228 e. The van der Waals surface area contributed by atoms with Crippen molar-refractivity contribution < 1.29 is 9.18 Å². The van der Waals surface area contributed by atoms with Crippen LogP contribution in [0.4, 0.5) is 4.39 Å². The molecule has 0 spiro atoms. The summed E-state index contributed by atoms with van der Waals surface area (Å²) in [6.45, 7) is 6.65. The summed E-state index contributed by atoms with van der Waals surface area (Å²) in [4.78, 5) is 14.2. The highest BCUT2D eigenvalue weighted by molar-refractivity contribution is 5.83. The smallest absolute Gasteiger partial charge is 0.228 e. The molecule has 1 aliphatic rings. The van der Waals surface area contributed by atoms with Crippen LogP contribution >= 0.6 is 0 Å². The molecule has 0 bridgehead atoms. The molecule has 1 aromatic carbocycles. The first-order valence-electron chi connectivity index (χ1n) is 6.53. The van der Waals surface area contributed by atoms with E-state index < -0.39 is 0 Å². The number of carbonyl (C=O) groups excluding carboxylic acids is 1. The molecule has 1 aliphatic heterocycles. The Morgan fingerprint density at radius 3 is 2.61 bits per heavy atom. The van der Waals surface area contributed by atoms with E-state index in [1.807, 2.05) is 31.7 Å². The number of rotatable bonds is 3. The van der Waals surface area contributed by atoms with Crippen molar-refractivity contribution in [2.45, 2.75) is 39.7 Å². The quantitative estimate of drug-likeness (QED) is 0.802. The zero-order valence-corrected chi connectivity index (χ0v) is 11.2. The van der Waals surface area contributed by atoms with Crippen LogP contribution in [0.25, 0.3) is 0 Å². The van der Waals surface area contributed by atoms with Crippen molar-refractivity contribution in [3.8, 4) is 0 Å². The van der Waals surface area contributed by atoms with Gasteiger partial charge < -0.3 is 4.90 Å². The number of benzene rings is 1. The third-order valence-corrected chi connectivity index (χ3v) is 4.01. The molecule has 1 unspecified atom stereocenters. The number of likely N-dealkylation sites (tertiary alicyclic amines) is 1. The molecule has 2 nitrogen and oxygen atoms in total. The fraction of sp³-hybridized carbons (Fsp3) is 0.533. The van der Waals surface area contributed by atoms with E-state index in [0.717, 1.165) is 19.4 Å². The first-order chi connectivity index (χ1) is 8.47. The Bertz CT molecular complexity index is 456. The fourth-order valence-corrected chi connectivity index (χ4v) is 2.24. The lowest BCUT2D eigenvalue weighted by Crippen LogP contribution is -2.50. The zero-order valence-electron chi connectivity index (χ0n) is 11.2. The minimum absolute atomic E-state index is 0.0791. The van der Waals surface area contributed by atoms with Crippen LogP contribution in [0.3, 0.4) is 0 Å². The van der Waals surface area contributed by atoms with E-state index in [1.165, 1.54) is 6.07 Å². The van der Waals surface area contributed by atoms with Gasteiger partial charge in [0.25, 0.3) is 0 Å². The van der Waals surface area contributed by atoms with Gasteiger partial charge in [-0.15, -0.1) is 0 Å². The molecule has 0 aromatic heterocycles. The van der Waals surface area contributed by atoms with Crippen molar-refractivity contribution in [2.24, 2.45) is 5.41 Å². The maximum absolute atomic E-state index is 13.7. The lowest BCUT2D eigenvalue weighted by atomic mass is 9.84. The molecule has 2 rings (SSSR count). The van der Waals surface area contributed by atoms with E-state index in [0.29, 0.717) is 5.56 Å². The van der Waals surface area contributed by atoms with E-state index >= 15 is 0 Å². The molecular formula is C15H20FNO. The number of amides is 1. The summed E-state index contributed by atoms with van der Waals surface area (Å²) >= 11 is 0. The average molecular weight is 249 g/mol. The summed E-state index contributed by atoms with van der Waals surface area (Å²) in [6, 6.07) is 6.66. The molecule has 98 valence electrons. The summed E-state index contributed by atoms with van der Waals surface area (Å²) in [5.74, 6) is -0.0844. The Morgan fingerprint density at radius 2 is 2.11 bits per heavy atom. The molecule has 3 heteroatoms. The van der Waals surface area contributed by atoms with Crippen LogP contribution < -0.4 is 0 Å². The molecule has 0 aliphatic carbocycles. The van der Waals surface area contributed by atoms with Gasteiger partial charge in [0.15, 0.2) is 0 Å². The highest BCUT2D eigenvalue weighted by atomic mass is 19.1. The lowest BCUT2D eigenvalue weighted by Gasteiger charge is -2.45. The summed E-state index contributed by atoms with van der Waals surface area (Å²) in [5, 5.41) is 0. The van der Waals surface area contributed by atoms with Crippen molar-refractivity contribution in [1.29, 1.82) is 0 Å². The second-order valence-corrected chi connectivity index (χ2v) is 5.56. The Labute approximate surface area is 108 Å². The van der Waals surface area contributed by atoms with Crippen LogP contribution in [-0.2, 0) is 4.79 Å². The summed E-state index contributed by atoms with van der Waals surface area (Å²) < 4.78 is 13.7. The van der Waals surface area contributed by atoms with Crippen LogP contribution in [0.15, 0.2) is 24.3 Å². The highest BCUT2D eigenvalue weighted by Crippen LogP contribution is 2.38. The van der Waals surface area contributed by atoms with Gasteiger partial charge in [0.05, 0.1) is 6.04 Å². The van der Waals surface area contributed by atoms with Gasteiger partial charge in [-0.3, -0.25) is 4.79 Å². The molecule has 1 amide bonds. The fourth-order valence-electron chi connectivity index (χ4n) is 2.24. The topological polar surface area (TPSA) is 20.3 Å². The molecule has 0 N–H and O–H groups in total. The van der Waals surface area contributed by atoms with Gasteiger partial charge >= 0.3 is 0 Å². The van der Waals surface area contributed by atoms with Gasteiger partial charge in [0.1, 0.15) is 5.82 Å². The van der Waals surface area contributed by atoms with Gasteiger partial charge in [-0.1, -0.05) is 39.0 Å². The Morgan fingerprint density at radius 1 is 1.44 bits per heavy atom. The monoisotopic (exact) mass is 249 g/mol. The van der Waals surface area contributed by atoms with Crippen LogP contribution in [0.1, 0.15) is 45.2 Å². The summed E-state index contributed by atoms with van der Waals surface area (Å²) in [6.07, 6.45) is 1.65. The summed E-state index contributed by atoms with van der Waals surface area (Å²) in [5.41, 5.74) is 0.285. The third kappa shape index (κ3) is 2.14. The van der Waals surface area contributed by atoms with Gasteiger partial charge in [0, 0.05) is 17.5 Å². The normalized spacial score (nSPS) is 19.6. The predicted molar refractivity (Wildman–Crippen MR) is 69.5 cm³/mol. The van der Waals surface area contributed by atoms with Gasteiger partial charge in [-0.2, -0.15) is 0 Å². The Hall–Kier alpha value is -1.38. The second kappa shape index (κ2) is 4.71. The van der Waals surface area contributed by atoms with E-state index in [4.69, 9.17) is 0 Å². The number of halogens is 1. The van der Waals surface area contributed by atoms with Crippen LogP contribution in [0.2, 0.25) is 0 Å². The van der Waals surface area contributed by atoms with Crippen molar-refractivity contribution >= 4 is 5.91 Å².